The summed E-state index contributed by atoms with van der Waals surface area (Å²) in [6.07, 6.45) is -0.233. The second-order valence-electron chi connectivity index (χ2n) is 4.20. The van der Waals surface area contributed by atoms with Gasteiger partial charge < -0.3 is 24.8 Å². The maximum absolute atomic E-state index is 11.3. The van der Waals surface area contributed by atoms with Gasteiger partial charge in [0, 0.05) is 12.9 Å². The fraction of sp³-hybridized carbons (Fsp3) is 0.545. The van der Waals surface area contributed by atoms with E-state index in [1.807, 2.05) is 0 Å². The molecule has 0 aliphatic heterocycles. The predicted molar refractivity (Wildman–Crippen MR) is 63.4 cm³/mol. The van der Waals surface area contributed by atoms with Crippen molar-refractivity contribution in [2.24, 2.45) is 0 Å². The van der Waals surface area contributed by atoms with Gasteiger partial charge in [0.05, 0.1) is 6.42 Å². The molecule has 10 heteroatoms. The van der Waals surface area contributed by atoms with Crippen LogP contribution in [-0.4, -0.2) is 32.5 Å². The molecule has 1 rings (SSSR count). The van der Waals surface area contributed by atoms with Gasteiger partial charge in [0.1, 0.15) is 18.8 Å². The average Bonchev–Trinajstić information content (AvgIpc) is 2.68. The minimum absolute atomic E-state index is 0. The molecule has 0 bridgehead atoms. The average molecular weight is 323 g/mol. The van der Waals surface area contributed by atoms with E-state index in [1.54, 1.807) is 13.8 Å². The van der Waals surface area contributed by atoms with Crippen LogP contribution in [0.25, 0.3) is 0 Å². The Morgan fingerprint density at radius 2 is 2.10 bits per heavy atom. The zero-order valence-corrected chi connectivity index (χ0v) is 15.2. The first-order valence-electron chi connectivity index (χ1n) is 5.87. The number of esters is 1. The van der Waals surface area contributed by atoms with Gasteiger partial charge in [-0.3, -0.25) is 4.79 Å². The number of carbonyl (C=O) groups excluding carboxylic acids is 2. The smallest absolute Gasteiger partial charge is 0.550 e. The van der Waals surface area contributed by atoms with Crippen molar-refractivity contribution in [1.29, 1.82) is 0 Å². The van der Waals surface area contributed by atoms with Crippen molar-refractivity contribution in [3.05, 3.63) is 22.1 Å². The summed E-state index contributed by atoms with van der Waals surface area (Å²) >= 11 is 0. The van der Waals surface area contributed by atoms with Crippen molar-refractivity contribution in [3.63, 3.8) is 0 Å². The van der Waals surface area contributed by atoms with Crippen LogP contribution in [0.15, 0.2) is 6.20 Å². The number of aliphatic carboxylic acids is 1. The van der Waals surface area contributed by atoms with Crippen molar-refractivity contribution >= 4 is 17.8 Å². The summed E-state index contributed by atoms with van der Waals surface area (Å²) in [5, 5.41) is 21.0. The van der Waals surface area contributed by atoms with E-state index in [2.05, 4.69) is 4.98 Å². The molecule has 0 aromatic carbocycles. The van der Waals surface area contributed by atoms with Gasteiger partial charge in [-0.2, -0.15) is 0 Å². The maximum Gasteiger partial charge on any atom is 1.00 e. The van der Waals surface area contributed by atoms with Crippen LogP contribution in [0.3, 0.4) is 0 Å². The number of rotatable bonds is 7. The van der Waals surface area contributed by atoms with Gasteiger partial charge in [0.2, 0.25) is 0 Å². The summed E-state index contributed by atoms with van der Waals surface area (Å²) in [6.45, 7) is 3.22. The SMILES string of the molecule is Cc1ncc([N+](=O)[O-])n1CC(C)OC(=O)CCC(=O)[O-].[K+]. The first-order valence-corrected chi connectivity index (χ1v) is 5.87. The Labute approximate surface area is 163 Å². The molecule has 9 nitrogen and oxygen atoms in total. The van der Waals surface area contributed by atoms with E-state index >= 15 is 0 Å². The van der Waals surface area contributed by atoms with Crippen LogP contribution < -0.4 is 56.5 Å². The van der Waals surface area contributed by atoms with Crippen LogP contribution in [0.2, 0.25) is 0 Å². The molecule has 1 atom stereocenters. The Hall–Kier alpha value is -0.814. The molecule has 21 heavy (non-hydrogen) atoms. The molecule has 0 aliphatic rings. The first kappa shape index (κ1) is 20.2. The molecule has 0 spiro atoms. The Bertz CT molecular complexity index is 530. The number of carboxylic acids is 1. The molecule has 0 saturated carbocycles. The molecule has 1 aromatic rings. The van der Waals surface area contributed by atoms with Crippen LogP contribution in [-0.2, 0) is 20.9 Å². The Kier molecular flexibility index (Phi) is 8.90. The minimum Gasteiger partial charge on any atom is -0.550 e. The number of aryl methyl sites for hydroxylation is 1. The topological polar surface area (TPSA) is 127 Å². The second kappa shape index (κ2) is 9.25. The summed E-state index contributed by atoms with van der Waals surface area (Å²) in [7, 11) is 0. The fourth-order valence-electron chi connectivity index (χ4n) is 1.61. The van der Waals surface area contributed by atoms with Gasteiger partial charge in [-0.15, -0.1) is 0 Å². The number of carbonyl (C=O) groups is 2. The zero-order chi connectivity index (χ0) is 15.3. The molecule has 0 aliphatic carbocycles. The van der Waals surface area contributed by atoms with Gasteiger partial charge in [0.25, 0.3) is 0 Å². The van der Waals surface area contributed by atoms with E-state index in [0.717, 1.165) is 6.20 Å². The molecule has 1 aromatic heterocycles. The van der Waals surface area contributed by atoms with Gasteiger partial charge in [-0.25, -0.2) is 9.55 Å². The normalized spacial score (nSPS) is 11.3. The molecule has 0 radical (unpaired) electrons. The number of nitrogens with zero attached hydrogens (tertiary/aromatic N) is 3. The van der Waals surface area contributed by atoms with Crippen molar-refractivity contribution in [3.8, 4) is 0 Å². The monoisotopic (exact) mass is 323 g/mol. The number of hydrogen-bond donors (Lipinski definition) is 0. The second-order valence-corrected chi connectivity index (χ2v) is 4.20. The van der Waals surface area contributed by atoms with Crippen LogP contribution in [0.4, 0.5) is 5.82 Å². The van der Waals surface area contributed by atoms with Gasteiger partial charge >= 0.3 is 63.2 Å². The van der Waals surface area contributed by atoms with E-state index < -0.39 is 29.4 Å². The number of ether oxygens (including phenoxy) is 1. The van der Waals surface area contributed by atoms with Crippen LogP contribution in [0, 0.1) is 17.0 Å². The third-order valence-corrected chi connectivity index (χ3v) is 2.53. The van der Waals surface area contributed by atoms with Crippen molar-refractivity contribution in [1.82, 2.24) is 9.55 Å². The van der Waals surface area contributed by atoms with Gasteiger partial charge in [0.15, 0.2) is 5.82 Å². The number of nitro groups is 1. The number of aromatic nitrogens is 2. The number of imidazole rings is 1. The largest absolute Gasteiger partial charge is 1.00 e. The molecule has 0 amide bonds. The Morgan fingerprint density at radius 1 is 1.48 bits per heavy atom. The fourth-order valence-corrected chi connectivity index (χ4v) is 1.61. The molecule has 1 heterocycles. The standard InChI is InChI=1S/C11H15N3O6.K/c1-7(20-11(17)4-3-10(15)16)6-13-8(2)12-5-9(13)14(18)19;/h5,7H,3-4,6H2,1-2H3,(H,15,16);/q;+1/p-1. The Morgan fingerprint density at radius 3 is 2.62 bits per heavy atom. The van der Waals surface area contributed by atoms with Crippen LogP contribution in [0.1, 0.15) is 25.6 Å². The zero-order valence-electron chi connectivity index (χ0n) is 12.1. The summed E-state index contributed by atoms with van der Waals surface area (Å²) in [4.78, 5) is 35.5. The summed E-state index contributed by atoms with van der Waals surface area (Å²) in [6, 6.07) is 0. The van der Waals surface area contributed by atoms with Crippen LogP contribution >= 0.6 is 0 Å². The molecule has 0 fully saturated rings. The van der Waals surface area contributed by atoms with E-state index in [0.29, 0.717) is 5.82 Å². The van der Waals surface area contributed by atoms with Crippen molar-refractivity contribution in [2.75, 3.05) is 0 Å². The Balaban J connectivity index is 0.00000400. The molecule has 0 saturated heterocycles. The molecular weight excluding hydrogens is 309 g/mol. The van der Waals surface area contributed by atoms with Crippen molar-refractivity contribution in [2.45, 2.75) is 39.3 Å². The maximum atomic E-state index is 11.3. The van der Waals surface area contributed by atoms with E-state index in [4.69, 9.17) is 4.74 Å². The molecule has 1 unspecified atom stereocenters. The summed E-state index contributed by atoms with van der Waals surface area (Å²) in [5.41, 5.74) is 0. The summed E-state index contributed by atoms with van der Waals surface area (Å²) in [5.74, 6) is -1.80. The number of hydrogen-bond acceptors (Lipinski definition) is 7. The van der Waals surface area contributed by atoms with Crippen LogP contribution in [0.5, 0.6) is 0 Å². The molecular formula is C11H14KN3O6. The van der Waals surface area contributed by atoms with Gasteiger partial charge in [-0.1, -0.05) is 0 Å². The van der Waals surface area contributed by atoms with Crippen molar-refractivity contribution < 1.29 is 75.7 Å². The third kappa shape index (κ3) is 6.65. The minimum atomic E-state index is -1.34. The molecule has 0 N–H and O–H groups in total. The summed E-state index contributed by atoms with van der Waals surface area (Å²) < 4.78 is 6.28. The molecule has 110 valence electrons. The first-order chi connectivity index (χ1) is 9.31. The quantitative estimate of drug-likeness (QED) is 0.221. The number of carboxylic acid groups (broad SMARTS) is 1. The van der Waals surface area contributed by atoms with Gasteiger partial charge in [-0.05, 0) is 18.3 Å². The predicted octanol–water partition coefficient (Wildman–Crippen LogP) is -3.43. The van der Waals surface area contributed by atoms with E-state index in [9.17, 15) is 24.8 Å². The van der Waals surface area contributed by atoms with E-state index in [1.165, 1.54) is 4.57 Å². The third-order valence-electron chi connectivity index (χ3n) is 2.53. The van der Waals surface area contributed by atoms with E-state index in [-0.39, 0.29) is 70.2 Å².